The highest BCUT2D eigenvalue weighted by Gasteiger charge is 2.28. The lowest BCUT2D eigenvalue weighted by Crippen LogP contribution is -2.35. The van der Waals surface area contributed by atoms with E-state index < -0.39 is 23.5 Å². The summed E-state index contributed by atoms with van der Waals surface area (Å²) in [6.45, 7) is 7.49. The number of amides is 1. The van der Waals surface area contributed by atoms with Crippen molar-refractivity contribution >= 4 is 34.4 Å². The Morgan fingerprint density at radius 2 is 1.94 bits per heavy atom. The Balaban J connectivity index is 2.39. The molecule has 3 aromatic rings. The van der Waals surface area contributed by atoms with Crippen molar-refractivity contribution in [3.05, 3.63) is 68.2 Å². The van der Waals surface area contributed by atoms with Gasteiger partial charge < -0.3 is 15.2 Å². The lowest BCUT2D eigenvalue weighted by atomic mass is 9.98. The second-order valence-corrected chi connectivity index (χ2v) is 7.97. The predicted molar refractivity (Wildman–Crippen MR) is 126 cm³/mol. The molecule has 1 aromatic heterocycles. The fourth-order valence-corrected chi connectivity index (χ4v) is 3.96. The second-order valence-electron chi connectivity index (χ2n) is 7.56. The zero-order chi connectivity index (χ0) is 24.3. The smallest absolute Gasteiger partial charge is 0.338 e. The van der Waals surface area contributed by atoms with Gasteiger partial charge in [0.15, 0.2) is 11.9 Å². The largest absolute Gasteiger partial charge is 0.462 e. The molecular formula is C24H26ClN3O5. The number of fused-ring (bicyclic) bond motifs is 1. The summed E-state index contributed by atoms with van der Waals surface area (Å²) >= 11 is 6.37. The van der Waals surface area contributed by atoms with Gasteiger partial charge in [-0.2, -0.15) is 0 Å². The number of hydrogen-bond acceptors (Lipinski definition) is 6. The van der Waals surface area contributed by atoms with Crippen LogP contribution in [0.1, 0.15) is 53.7 Å². The van der Waals surface area contributed by atoms with Crippen LogP contribution in [0.5, 0.6) is 0 Å². The summed E-state index contributed by atoms with van der Waals surface area (Å²) in [6, 6.07) is 8.13. The maximum absolute atomic E-state index is 13.8. The van der Waals surface area contributed by atoms with Gasteiger partial charge in [-0.15, -0.1) is 0 Å². The molecule has 1 amide bonds. The van der Waals surface area contributed by atoms with E-state index in [1.165, 1.54) is 0 Å². The minimum atomic E-state index is -1.71. The van der Waals surface area contributed by atoms with Gasteiger partial charge in [0.1, 0.15) is 0 Å². The molecule has 8 nitrogen and oxygen atoms in total. The number of carbonyl (C=O) groups excluding carboxylic acids is 2. The van der Waals surface area contributed by atoms with Crippen molar-refractivity contribution in [1.29, 1.82) is 0 Å². The summed E-state index contributed by atoms with van der Waals surface area (Å²) in [4.78, 5) is 43.4. The van der Waals surface area contributed by atoms with E-state index in [-0.39, 0.29) is 39.6 Å². The van der Waals surface area contributed by atoms with Crippen LogP contribution in [0.15, 0.2) is 35.1 Å². The first-order chi connectivity index (χ1) is 15.7. The quantitative estimate of drug-likeness (QED) is 0.511. The molecule has 0 aliphatic heterocycles. The van der Waals surface area contributed by atoms with Crippen LogP contribution in [-0.4, -0.2) is 39.7 Å². The number of benzene rings is 2. The number of rotatable bonds is 7. The highest BCUT2D eigenvalue weighted by atomic mass is 35.5. The Bertz CT molecular complexity index is 1290. The molecule has 0 fully saturated rings. The monoisotopic (exact) mass is 471 g/mol. The normalized spacial score (nSPS) is 11.9. The van der Waals surface area contributed by atoms with Crippen LogP contribution in [-0.2, 0) is 9.53 Å². The summed E-state index contributed by atoms with van der Waals surface area (Å²) in [5.41, 5.74) is 1.20. The molecule has 2 N–H and O–H groups in total. The Morgan fingerprint density at radius 1 is 1.24 bits per heavy atom. The minimum absolute atomic E-state index is 0.170. The van der Waals surface area contributed by atoms with Gasteiger partial charge in [-0.05, 0) is 56.5 Å². The number of aliphatic hydroxyl groups excluding tert-OH is 1. The van der Waals surface area contributed by atoms with Gasteiger partial charge in [-0.25, -0.2) is 9.78 Å². The number of carbonyl (C=O) groups is 2. The molecule has 3 rings (SSSR count). The van der Waals surface area contributed by atoms with Crippen molar-refractivity contribution in [3.8, 4) is 5.69 Å². The number of aromatic nitrogens is 2. The van der Waals surface area contributed by atoms with Crippen LogP contribution in [0.3, 0.4) is 0 Å². The first-order valence-electron chi connectivity index (χ1n) is 10.7. The number of nitrogens with zero attached hydrogens (tertiary/aromatic N) is 2. The van der Waals surface area contributed by atoms with Gasteiger partial charge in [0.2, 0.25) is 0 Å². The second kappa shape index (κ2) is 10.1. The molecule has 0 bridgehead atoms. The molecule has 9 heteroatoms. The molecule has 0 saturated carbocycles. The van der Waals surface area contributed by atoms with Gasteiger partial charge in [0.25, 0.3) is 11.5 Å². The number of halogens is 1. The van der Waals surface area contributed by atoms with Gasteiger partial charge in [0.05, 0.1) is 33.8 Å². The average molecular weight is 472 g/mol. The molecule has 0 saturated heterocycles. The van der Waals surface area contributed by atoms with E-state index in [2.05, 4.69) is 10.3 Å². The average Bonchev–Trinajstić information content (AvgIpc) is 2.77. The maximum atomic E-state index is 13.8. The summed E-state index contributed by atoms with van der Waals surface area (Å²) in [5, 5.41) is 13.9. The van der Waals surface area contributed by atoms with Gasteiger partial charge >= 0.3 is 5.97 Å². The number of hydrogen-bond donors (Lipinski definition) is 2. The van der Waals surface area contributed by atoms with E-state index in [1.54, 1.807) is 51.1 Å². The number of ether oxygens (including phenoxy) is 1. The third kappa shape index (κ3) is 4.62. The van der Waals surface area contributed by atoms with Crippen molar-refractivity contribution in [2.45, 2.75) is 40.2 Å². The number of aryl methyl sites for hydroxylation is 2. The summed E-state index contributed by atoms with van der Waals surface area (Å²) in [7, 11) is 0. The third-order valence-electron chi connectivity index (χ3n) is 5.25. The predicted octanol–water partition coefficient (Wildman–Crippen LogP) is 3.39. The summed E-state index contributed by atoms with van der Waals surface area (Å²) in [5.74, 6) is -1.39. The highest BCUT2D eigenvalue weighted by molar-refractivity contribution is 6.32. The van der Waals surface area contributed by atoms with E-state index >= 15 is 0 Å². The van der Waals surface area contributed by atoms with Crippen LogP contribution in [0.4, 0.5) is 0 Å². The Kier molecular flexibility index (Phi) is 7.50. The van der Waals surface area contributed by atoms with Crippen molar-refractivity contribution < 1.29 is 19.4 Å². The first-order valence-corrected chi connectivity index (χ1v) is 11.0. The van der Waals surface area contributed by atoms with Crippen LogP contribution in [0.25, 0.3) is 16.6 Å². The standard InChI is InChI=1S/C24H26ClN3O5/c1-5-11-26-22(30)20(29)21-27-16-12-13(3)18(24(32)33-6-2)14(4)19(16)23(31)28(21)17-10-8-7-9-15(17)25/h7-10,12,20,29H,5-6,11H2,1-4H3,(H,26,30). The van der Waals surface area contributed by atoms with E-state index in [1.807, 2.05) is 6.92 Å². The van der Waals surface area contributed by atoms with Crippen molar-refractivity contribution in [3.63, 3.8) is 0 Å². The van der Waals surface area contributed by atoms with Crippen molar-refractivity contribution in [2.24, 2.45) is 0 Å². The van der Waals surface area contributed by atoms with E-state index in [9.17, 15) is 19.5 Å². The van der Waals surface area contributed by atoms with Crippen LogP contribution in [0, 0.1) is 13.8 Å². The summed E-state index contributed by atoms with van der Waals surface area (Å²) in [6.07, 6.45) is -1.04. The third-order valence-corrected chi connectivity index (χ3v) is 5.57. The Labute approximate surface area is 196 Å². The fourth-order valence-electron chi connectivity index (χ4n) is 3.74. The number of aliphatic hydroxyl groups is 1. The molecule has 174 valence electrons. The van der Waals surface area contributed by atoms with Crippen LogP contribution in [0.2, 0.25) is 5.02 Å². The zero-order valence-corrected chi connectivity index (χ0v) is 19.7. The van der Waals surface area contributed by atoms with Crippen LogP contribution >= 0.6 is 11.6 Å². The fraction of sp³-hybridized carbons (Fsp3) is 0.333. The van der Waals surface area contributed by atoms with E-state index in [0.29, 0.717) is 24.1 Å². The van der Waals surface area contributed by atoms with Crippen molar-refractivity contribution in [1.82, 2.24) is 14.9 Å². The molecule has 0 aliphatic carbocycles. The van der Waals surface area contributed by atoms with E-state index in [0.717, 1.165) is 4.57 Å². The van der Waals surface area contributed by atoms with E-state index in [4.69, 9.17) is 16.3 Å². The lowest BCUT2D eigenvalue weighted by Gasteiger charge is -2.20. The van der Waals surface area contributed by atoms with Gasteiger partial charge in [0, 0.05) is 6.54 Å². The molecule has 1 heterocycles. The molecule has 1 atom stereocenters. The number of para-hydroxylation sites is 1. The molecule has 0 spiro atoms. The van der Waals surface area contributed by atoms with Gasteiger partial charge in [-0.3, -0.25) is 14.2 Å². The lowest BCUT2D eigenvalue weighted by molar-refractivity contribution is -0.130. The first kappa shape index (κ1) is 24.4. The molecule has 2 aromatic carbocycles. The number of esters is 1. The van der Waals surface area contributed by atoms with Crippen molar-refractivity contribution in [2.75, 3.05) is 13.2 Å². The molecule has 0 aliphatic rings. The molecular weight excluding hydrogens is 446 g/mol. The molecule has 33 heavy (non-hydrogen) atoms. The molecule has 1 unspecified atom stereocenters. The van der Waals surface area contributed by atoms with Crippen LogP contribution < -0.4 is 10.9 Å². The maximum Gasteiger partial charge on any atom is 0.338 e. The SMILES string of the molecule is CCCNC(=O)C(O)c1nc2cc(C)c(C(=O)OCC)c(C)c2c(=O)n1-c1ccccc1Cl. The number of nitrogens with one attached hydrogen (secondary N) is 1. The van der Waals surface area contributed by atoms with Gasteiger partial charge in [-0.1, -0.05) is 30.7 Å². The highest BCUT2D eigenvalue weighted by Crippen LogP contribution is 2.27. The zero-order valence-electron chi connectivity index (χ0n) is 18.9. The summed E-state index contributed by atoms with van der Waals surface area (Å²) < 4.78 is 6.28. The molecule has 0 radical (unpaired) electrons. The minimum Gasteiger partial charge on any atom is -0.462 e. The Morgan fingerprint density at radius 3 is 2.58 bits per heavy atom. The topological polar surface area (TPSA) is 111 Å². The Hall–Kier alpha value is -3.23.